The van der Waals surface area contributed by atoms with Crippen molar-refractivity contribution >= 4 is 5.69 Å². The number of aromatic nitrogens is 2. The fraction of sp³-hybridized carbons (Fsp3) is 0.438. The van der Waals surface area contributed by atoms with E-state index in [4.69, 9.17) is 4.74 Å². The molecule has 1 N–H and O–H groups in total. The molecular formula is C16H21N3O. The van der Waals surface area contributed by atoms with Gasteiger partial charge in [-0.15, -0.1) is 0 Å². The number of hydrogen-bond donors (Lipinski definition) is 1. The van der Waals surface area contributed by atoms with Crippen molar-refractivity contribution in [2.75, 3.05) is 11.9 Å². The Morgan fingerprint density at radius 2 is 2.15 bits per heavy atom. The molecule has 1 aromatic carbocycles. The second-order valence-electron chi connectivity index (χ2n) is 5.50. The van der Waals surface area contributed by atoms with Crippen LogP contribution in [0.3, 0.4) is 0 Å². The van der Waals surface area contributed by atoms with Gasteiger partial charge in [0.2, 0.25) is 0 Å². The van der Waals surface area contributed by atoms with Gasteiger partial charge in [-0.3, -0.25) is 4.68 Å². The molecule has 0 fully saturated rings. The van der Waals surface area contributed by atoms with E-state index >= 15 is 0 Å². The summed E-state index contributed by atoms with van der Waals surface area (Å²) in [7, 11) is 1.99. The van der Waals surface area contributed by atoms with Crippen molar-refractivity contribution < 1.29 is 4.74 Å². The molecule has 0 bridgehead atoms. The van der Waals surface area contributed by atoms with Crippen molar-refractivity contribution in [3.63, 3.8) is 0 Å². The maximum absolute atomic E-state index is 5.54. The first-order valence-corrected chi connectivity index (χ1v) is 7.08. The zero-order valence-corrected chi connectivity index (χ0v) is 12.5. The fourth-order valence-electron chi connectivity index (χ4n) is 3.02. The van der Waals surface area contributed by atoms with Crippen molar-refractivity contribution in [3.8, 4) is 5.75 Å². The lowest BCUT2D eigenvalue weighted by molar-refractivity contribution is 0.357. The summed E-state index contributed by atoms with van der Waals surface area (Å²) < 4.78 is 7.49. The SMILES string of the molecule is Cc1nn(C)c(C)c1C(C)Nc1ccc2c(c1)CCO2. The number of benzene rings is 1. The van der Waals surface area contributed by atoms with Crippen molar-refractivity contribution in [1.29, 1.82) is 0 Å². The van der Waals surface area contributed by atoms with Gasteiger partial charge in [0, 0.05) is 30.4 Å². The molecule has 0 spiro atoms. The molecule has 1 aromatic heterocycles. The van der Waals surface area contributed by atoms with E-state index in [2.05, 4.69) is 49.4 Å². The van der Waals surface area contributed by atoms with Gasteiger partial charge >= 0.3 is 0 Å². The van der Waals surface area contributed by atoms with Crippen LogP contribution in [0, 0.1) is 13.8 Å². The van der Waals surface area contributed by atoms with E-state index in [-0.39, 0.29) is 6.04 Å². The van der Waals surface area contributed by atoms with Gasteiger partial charge in [0.15, 0.2) is 0 Å². The van der Waals surface area contributed by atoms with Gasteiger partial charge in [0.05, 0.1) is 18.3 Å². The van der Waals surface area contributed by atoms with Crippen LogP contribution in [-0.2, 0) is 13.5 Å². The minimum Gasteiger partial charge on any atom is -0.493 e. The van der Waals surface area contributed by atoms with Crippen LogP contribution in [0.15, 0.2) is 18.2 Å². The molecular weight excluding hydrogens is 250 g/mol. The first kappa shape index (κ1) is 13.0. The topological polar surface area (TPSA) is 39.1 Å². The average molecular weight is 271 g/mol. The summed E-state index contributed by atoms with van der Waals surface area (Å²) in [6.45, 7) is 7.16. The van der Waals surface area contributed by atoms with Crippen LogP contribution in [0.1, 0.15) is 35.5 Å². The summed E-state index contributed by atoms with van der Waals surface area (Å²) in [6, 6.07) is 6.58. The van der Waals surface area contributed by atoms with Crippen molar-refractivity contribution in [2.45, 2.75) is 33.2 Å². The van der Waals surface area contributed by atoms with E-state index in [1.54, 1.807) is 0 Å². The van der Waals surface area contributed by atoms with Crippen molar-refractivity contribution in [1.82, 2.24) is 9.78 Å². The Labute approximate surface area is 119 Å². The molecule has 0 radical (unpaired) electrons. The monoisotopic (exact) mass is 271 g/mol. The van der Waals surface area contributed by atoms with E-state index in [0.29, 0.717) is 0 Å². The Bertz CT molecular complexity index is 645. The number of nitrogens with one attached hydrogen (secondary N) is 1. The van der Waals surface area contributed by atoms with Crippen LogP contribution in [-0.4, -0.2) is 16.4 Å². The Hall–Kier alpha value is -1.97. The molecule has 4 heteroatoms. The average Bonchev–Trinajstić information content (AvgIpc) is 2.94. The van der Waals surface area contributed by atoms with Crippen LogP contribution in [0.2, 0.25) is 0 Å². The Morgan fingerprint density at radius 3 is 2.85 bits per heavy atom. The molecule has 4 nitrogen and oxygen atoms in total. The van der Waals surface area contributed by atoms with Gasteiger partial charge in [0.1, 0.15) is 5.75 Å². The van der Waals surface area contributed by atoms with Crippen molar-refractivity contribution in [3.05, 3.63) is 40.7 Å². The number of anilines is 1. The molecule has 1 aliphatic heterocycles. The van der Waals surface area contributed by atoms with Gasteiger partial charge in [-0.05, 0) is 44.5 Å². The predicted molar refractivity (Wildman–Crippen MR) is 80.4 cm³/mol. The summed E-state index contributed by atoms with van der Waals surface area (Å²) in [5, 5.41) is 8.06. The number of aryl methyl sites for hydroxylation is 2. The number of ether oxygens (including phenoxy) is 1. The van der Waals surface area contributed by atoms with Crippen LogP contribution in [0.25, 0.3) is 0 Å². The summed E-state index contributed by atoms with van der Waals surface area (Å²) >= 11 is 0. The highest BCUT2D eigenvalue weighted by Crippen LogP contribution is 2.30. The Kier molecular flexibility index (Phi) is 3.16. The van der Waals surface area contributed by atoms with Crippen LogP contribution in [0.4, 0.5) is 5.69 Å². The second kappa shape index (κ2) is 4.85. The lowest BCUT2D eigenvalue weighted by atomic mass is 10.1. The van der Waals surface area contributed by atoms with E-state index < -0.39 is 0 Å². The minimum absolute atomic E-state index is 0.240. The van der Waals surface area contributed by atoms with E-state index in [1.807, 2.05) is 11.7 Å². The molecule has 3 rings (SSSR count). The van der Waals surface area contributed by atoms with Crippen LogP contribution in [0.5, 0.6) is 5.75 Å². The lowest BCUT2D eigenvalue weighted by Crippen LogP contribution is -2.09. The smallest absolute Gasteiger partial charge is 0.122 e. The Balaban J connectivity index is 1.84. The quantitative estimate of drug-likeness (QED) is 0.932. The number of nitrogens with zero attached hydrogens (tertiary/aromatic N) is 2. The molecule has 20 heavy (non-hydrogen) atoms. The summed E-state index contributed by atoms with van der Waals surface area (Å²) in [6.07, 6.45) is 1.00. The maximum Gasteiger partial charge on any atom is 0.122 e. The van der Waals surface area contributed by atoms with Gasteiger partial charge in [0.25, 0.3) is 0 Å². The number of fused-ring (bicyclic) bond motifs is 1. The normalized spacial score (nSPS) is 14.8. The van der Waals surface area contributed by atoms with Gasteiger partial charge in [-0.1, -0.05) is 0 Å². The van der Waals surface area contributed by atoms with E-state index in [9.17, 15) is 0 Å². The molecule has 1 atom stereocenters. The highest BCUT2D eigenvalue weighted by atomic mass is 16.5. The molecule has 0 aliphatic carbocycles. The van der Waals surface area contributed by atoms with E-state index in [1.165, 1.54) is 16.8 Å². The third kappa shape index (κ3) is 2.15. The van der Waals surface area contributed by atoms with Gasteiger partial charge in [-0.25, -0.2) is 0 Å². The summed E-state index contributed by atoms with van der Waals surface area (Å²) in [4.78, 5) is 0. The zero-order valence-electron chi connectivity index (χ0n) is 12.5. The fourth-order valence-corrected chi connectivity index (χ4v) is 3.02. The zero-order chi connectivity index (χ0) is 14.3. The molecule has 2 heterocycles. The number of hydrogen-bond acceptors (Lipinski definition) is 3. The molecule has 1 aliphatic rings. The molecule has 1 unspecified atom stereocenters. The van der Waals surface area contributed by atoms with Crippen LogP contribution < -0.4 is 10.1 Å². The second-order valence-corrected chi connectivity index (χ2v) is 5.50. The van der Waals surface area contributed by atoms with Gasteiger partial charge < -0.3 is 10.1 Å². The molecule has 2 aromatic rings. The molecule has 0 saturated heterocycles. The molecule has 0 saturated carbocycles. The molecule has 0 amide bonds. The lowest BCUT2D eigenvalue weighted by Gasteiger charge is -2.16. The highest BCUT2D eigenvalue weighted by molar-refractivity contribution is 5.54. The standard InChI is InChI=1S/C16H21N3O/c1-10(16-11(2)18-19(4)12(16)3)17-14-5-6-15-13(9-14)7-8-20-15/h5-6,9-10,17H,7-8H2,1-4H3. The Morgan fingerprint density at radius 1 is 1.35 bits per heavy atom. The summed E-state index contributed by atoms with van der Waals surface area (Å²) in [5.74, 6) is 1.02. The highest BCUT2D eigenvalue weighted by Gasteiger charge is 2.17. The van der Waals surface area contributed by atoms with Crippen LogP contribution >= 0.6 is 0 Å². The first-order valence-electron chi connectivity index (χ1n) is 7.08. The maximum atomic E-state index is 5.54. The van der Waals surface area contributed by atoms with Crippen molar-refractivity contribution in [2.24, 2.45) is 7.05 Å². The third-order valence-electron chi connectivity index (χ3n) is 4.07. The third-order valence-corrected chi connectivity index (χ3v) is 4.07. The molecule has 106 valence electrons. The van der Waals surface area contributed by atoms with Gasteiger partial charge in [-0.2, -0.15) is 5.10 Å². The largest absolute Gasteiger partial charge is 0.493 e. The minimum atomic E-state index is 0.240. The summed E-state index contributed by atoms with van der Waals surface area (Å²) in [5.41, 5.74) is 6.02. The van der Waals surface area contributed by atoms with E-state index in [0.717, 1.165) is 30.2 Å². The first-order chi connectivity index (χ1) is 9.56. The number of rotatable bonds is 3. The predicted octanol–water partition coefficient (Wildman–Crippen LogP) is 3.14.